The number of carbonyl (C=O) groups is 1. The lowest BCUT2D eigenvalue weighted by molar-refractivity contribution is -0.133. The largest absolute Gasteiger partial charge is 0.389 e. The van der Waals surface area contributed by atoms with Gasteiger partial charge in [-0.25, -0.2) is 4.39 Å². The summed E-state index contributed by atoms with van der Waals surface area (Å²) in [5.74, 6) is -0.739. The van der Waals surface area contributed by atoms with Gasteiger partial charge in [-0.05, 0) is 32.9 Å². The third-order valence-electron chi connectivity index (χ3n) is 2.70. The number of halogens is 2. The van der Waals surface area contributed by atoms with Crippen LogP contribution < -0.4 is 0 Å². The summed E-state index contributed by atoms with van der Waals surface area (Å²) in [6.07, 6.45) is -0.102. The van der Waals surface area contributed by atoms with Crippen molar-refractivity contribution in [3.8, 4) is 0 Å². The second-order valence-electron chi connectivity index (χ2n) is 5.10. The minimum Gasteiger partial charge on any atom is -0.389 e. The SMILES string of the molecule is CCN(CC(C)(C)O)C(=O)Cc1c(F)cccc1Cl. The Kier molecular flexibility index (Phi) is 5.32. The van der Waals surface area contributed by atoms with Gasteiger partial charge < -0.3 is 10.0 Å². The van der Waals surface area contributed by atoms with Gasteiger partial charge in [0.2, 0.25) is 5.91 Å². The maximum atomic E-state index is 13.6. The van der Waals surface area contributed by atoms with Crippen molar-refractivity contribution >= 4 is 17.5 Å². The molecule has 3 nitrogen and oxygen atoms in total. The number of aliphatic hydroxyl groups is 1. The molecule has 0 aromatic heterocycles. The maximum absolute atomic E-state index is 13.6. The van der Waals surface area contributed by atoms with E-state index in [2.05, 4.69) is 0 Å². The van der Waals surface area contributed by atoms with Crippen molar-refractivity contribution in [3.63, 3.8) is 0 Å². The molecule has 1 rings (SSSR count). The quantitative estimate of drug-likeness (QED) is 0.904. The molecule has 1 amide bonds. The first-order valence-corrected chi connectivity index (χ1v) is 6.55. The monoisotopic (exact) mass is 287 g/mol. The lowest BCUT2D eigenvalue weighted by Gasteiger charge is -2.28. The Morgan fingerprint density at radius 2 is 2.11 bits per heavy atom. The Morgan fingerprint density at radius 3 is 2.58 bits per heavy atom. The first kappa shape index (κ1) is 15.9. The molecule has 0 aliphatic rings. The van der Waals surface area contributed by atoms with Gasteiger partial charge in [0.1, 0.15) is 5.82 Å². The van der Waals surface area contributed by atoms with E-state index in [1.54, 1.807) is 19.9 Å². The van der Waals surface area contributed by atoms with Crippen molar-refractivity contribution in [1.29, 1.82) is 0 Å². The van der Waals surface area contributed by atoms with Crippen LogP contribution in [-0.2, 0) is 11.2 Å². The van der Waals surface area contributed by atoms with Crippen molar-refractivity contribution in [3.05, 3.63) is 34.6 Å². The van der Waals surface area contributed by atoms with E-state index in [0.717, 1.165) is 0 Å². The Hall–Kier alpha value is -1.13. The van der Waals surface area contributed by atoms with Crippen LogP contribution in [0.2, 0.25) is 5.02 Å². The first-order chi connectivity index (χ1) is 8.74. The van der Waals surface area contributed by atoms with Crippen LogP contribution >= 0.6 is 11.6 Å². The number of likely N-dealkylation sites (N-methyl/N-ethyl adjacent to an activating group) is 1. The average Bonchev–Trinajstić information content (AvgIpc) is 2.29. The summed E-state index contributed by atoms with van der Waals surface area (Å²) < 4.78 is 13.6. The van der Waals surface area contributed by atoms with E-state index in [4.69, 9.17) is 11.6 Å². The molecule has 0 saturated carbocycles. The number of hydrogen-bond donors (Lipinski definition) is 1. The van der Waals surface area contributed by atoms with Crippen LogP contribution in [-0.4, -0.2) is 34.6 Å². The second kappa shape index (κ2) is 6.35. The Morgan fingerprint density at radius 1 is 1.47 bits per heavy atom. The Bertz CT molecular complexity index is 437. The standard InChI is InChI=1S/C14H19ClFNO2/c1-4-17(9-14(2,3)19)13(18)8-10-11(15)6-5-7-12(10)16/h5-7,19H,4,8-9H2,1-3H3. The molecule has 1 aromatic carbocycles. The predicted molar refractivity (Wildman–Crippen MR) is 73.7 cm³/mol. The number of amides is 1. The molecule has 0 atom stereocenters. The average molecular weight is 288 g/mol. The zero-order valence-corrected chi connectivity index (χ0v) is 12.2. The molecular weight excluding hydrogens is 269 g/mol. The molecule has 0 spiro atoms. The predicted octanol–water partition coefficient (Wildman–Crippen LogP) is 2.64. The highest BCUT2D eigenvalue weighted by Gasteiger charge is 2.22. The Labute approximate surface area is 118 Å². The molecule has 1 N–H and O–H groups in total. The van der Waals surface area contributed by atoms with Crippen molar-refractivity contribution in [2.75, 3.05) is 13.1 Å². The van der Waals surface area contributed by atoms with E-state index in [1.165, 1.54) is 17.0 Å². The van der Waals surface area contributed by atoms with Crippen LogP contribution in [0.4, 0.5) is 4.39 Å². The lowest BCUT2D eigenvalue weighted by atomic mass is 10.1. The topological polar surface area (TPSA) is 40.5 Å². The van der Waals surface area contributed by atoms with E-state index >= 15 is 0 Å². The summed E-state index contributed by atoms with van der Waals surface area (Å²) in [6, 6.07) is 4.33. The van der Waals surface area contributed by atoms with Crippen LogP contribution in [0.3, 0.4) is 0 Å². The van der Waals surface area contributed by atoms with Crippen molar-refractivity contribution < 1.29 is 14.3 Å². The van der Waals surface area contributed by atoms with Gasteiger partial charge in [-0.1, -0.05) is 17.7 Å². The zero-order chi connectivity index (χ0) is 14.6. The van der Waals surface area contributed by atoms with E-state index in [-0.39, 0.29) is 29.5 Å². The molecule has 0 heterocycles. The molecule has 5 heteroatoms. The van der Waals surface area contributed by atoms with E-state index in [1.807, 2.05) is 6.92 Å². The summed E-state index contributed by atoms with van der Waals surface area (Å²) in [7, 11) is 0. The lowest BCUT2D eigenvalue weighted by Crippen LogP contribution is -2.42. The Balaban J connectivity index is 2.83. The zero-order valence-electron chi connectivity index (χ0n) is 11.4. The molecule has 0 unspecified atom stereocenters. The number of rotatable bonds is 5. The van der Waals surface area contributed by atoms with Gasteiger partial charge in [0, 0.05) is 23.7 Å². The molecule has 19 heavy (non-hydrogen) atoms. The summed E-state index contributed by atoms with van der Waals surface area (Å²) in [5.41, 5.74) is -0.784. The number of carbonyl (C=O) groups excluding carboxylic acids is 1. The van der Waals surface area contributed by atoms with Gasteiger partial charge in [-0.15, -0.1) is 0 Å². The molecule has 0 bridgehead atoms. The van der Waals surface area contributed by atoms with Crippen molar-refractivity contribution in [1.82, 2.24) is 4.90 Å². The molecule has 0 aliphatic heterocycles. The van der Waals surface area contributed by atoms with Gasteiger partial charge in [-0.2, -0.15) is 0 Å². The van der Waals surface area contributed by atoms with Crippen LogP contribution in [0.15, 0.2) is 18.2 Å². The molecular formula is C14H19ClFNO2. The third-order valence-corrected chi connectivity index (χ3v) is 3.06. The van der Waals surface area contributed by atoms with Crippen LogP contribution in [0, 0.1) is 5.82 Å². The molecule has 0 aliphatic carbocycles. The summed E-state index contributed by atoms with van der Waals surface area (Å²) >= 11 is 5.89. The normalized spacial score (nSPS) is 11.5. The van der Waals surface area contributed by atoms with E-state index in [0.29, 0.717) is 6.54 Å². The maximum Gasteiger partial charge on any atom is 0.227 e. The smallest absolute Gasteiger partial charge is 0.227 e. The minimum atomic E-state index is -0.981. The summed E-state index contributed by atoms with van der Waals surface area (Å²) in [4.78, 5) is 13.6. The summed E-state index contributed by atoms with van der Waals surface area (Å²) in [6.45, 7) is 5.72. The number of nitrogens with zero attached hydrogens (tertiary/aromatic N) is 1. The van der Waals surface area contributed by atoms with Gasteiger partial charge >= 0.3 is 0 Å². The fraction of sp³-hybridized carbons (Fsp3) is 0.500. The first-order valence-electron chi connectivity index (χ1n) is 6.17. The van der Waals surface area contributed by atoms with Gasteiger partial charge in [0.15, 0.2) is 0 Å². The van der Waals surface area contributed by atoms with Gasteiger partial charge in [-0.3, -0.25) is 4.79 Å². The van der Waals surface area contributed by atoms with Crippen molar-refractivity contribution in [2.24, 2.45) is 0 Å². The summed E-state index contributed by atoms with van der Waals surface area (Å²) in [5, 5.41) is 9.99. The fourth-order valence-corrected chi connectivity index (χ4v) is 2.04. The molecule has 0 fully saturated rings. The highest BCUT2D eigenvalue weighted by atomic mass is 35.5. The highest BCUT2D eigenvalue weighted by Crippen LogP contribution is 2.20. The van der Waals surface area contributed by atoms with Crippen LogP contribution in [0.5, 0.6) is 0 Å². The molecule has 0 radical (unpaired) electrons. The minimum absolute atomic E-state index is 0.102. The third kappa shape index (κ3) is 4.80. The van der Waals surface area contributed by atoms with Gasteiger partial charge in [0.05, 0.1) is 12.0 Å². The second-order valence-corrected chi connectivity index (χ2v) is 5.50. The van der Waals surface area contributed by atoms with Crippen molar-refractivity contribution in [2.45, 2.75) is 32.8 Å². The molecule has 0 saturated heterocycles. The van der Waals surface area contributed by atoms with E-state index < -0.39 is 11.4 Å². The number of hydrogen-bond acceptors (Lipinski definition) is 2. The van der Waals surface area contributed by atoms with E-state index in [9.17, 15) is 14.3 Å². The van der Waals surface area contributed by atoms with Crippen LogP contribution in [0.1, 0.15) is 26.3 Å². The van der Waals surface area contributed by atoms with Crippen LogP contribution in [0.25, 0.3) is 0 Å². The highest BCUT2D eigenvalue weighted by molar-refractivity contribution is 6.31. The fourth-order valence-electron chi connectivity index (χ4n) is 1.81. The van der Waals surface area contributed by atoms with Gasteiger partial charge in [0.25, 0.3) is 0 Å². The molecule has 106 valence electrons. The molecule has 1 aromatic rings. The number of benzene rings is 1.